The summed E-state index contributed by atoms with van der Waals surface area (Å²) in [5.41, 5.74) is 5.83. The van der Waals surface area contributed by atoms with E-state index in [1.165, 1.54) is 19.2 Å². The van der Waals surface area contributed by atoms with Crippen LogP contribution in [0.1, 0.15) is 18.4 Å². The largest absolute Gasteiger partial charge is 0.493 e. The minimum absolute atomic E-state index is 0. The van der Waals surface area contributed by atoms with Gasteiger partial charge in [-0.25, -0.2) is 0 Å². The van der Waals surface area contributed by atoms with Gasteiger partial charge in [-0.05, 0) is 30.5 Å². The van der Waals surface area contributed by atoms with Crippen molar-refractivity contribution in [2.75, 3.05) is 33.5 Å². The van der Waals surface area contributed by atoms with Gasteiger partial charge < -0.3 is 25.3 Å². The van der Waals surface area contributed by atoms with Gasteiger partial charge in [0.15, 0.2) is 18.1 Å². The zero-order valence-electron chi connectivity index (χ0n) is 14.9. The molecule has 3 N–H and O–H groups in total. The molecule has 0 bridgehead atoms. The van der Waals surface area contributed by atoms with Gasteiger partial charge in [0.25, 0.3) is 0 Å². The summed E-state index contributed by atoms with van der Waals surface area (Å²) in [7, 11) is 1.34. The number of halogens is 4. The predicted octanol–water partition coefficient (Wildman–Crippen LogP) is 2.43. The molecule has 1 aromatic rings. The molecule has 1 aliphatic rings. The molecule has 1 saturated heterocycles. The molecule has 0 saturated carbocycles. The summed E-state index contributed by atoms with van der Waals surface area (Å²) in [4.78, 5) is 12.5. The van der Waals surface area contributed by atoms with E-state index >= 15 is 0 Å². The molecule has 0 aliphatic carbocycles. The average Bonchev–Trinajstić information content (AvgIpc) is 2.64. The first-order valence-electron chi connectivity index (χ1n) is 8.22. The van der Waals surface area contributed by atoms with E-state index in [9.17, 15) is 18.0 Å². The number of nitrogens with two attached hydrogens (primary N) is 1. The van der Waals surface area contributed by atoms with Crippen molar-refractivity contribution in [3.63, 3.8) is 0 Å². The molecule has 0 atom stereocenters. The number of hydrogen-bond acceptors (Lipinski definition) is 5. The van der Waals surface area contributed by atoms with Gasteiger partial charge in [0.05, 0.1) is 12.5 Å². The highest BCUT2D eigenvalue weighted by atomic mass is 35.5. The molecule has 1 fully saturated rings. The first kappa shape index (κ1) is 23.3. The minimum Gasteiger partial charge on any atom is -0.493 e. The zero-order valence-corrected chi connectivity index (χ0v) is 15.8. The third-order valence-electron chi connectivity index (χ3n) is 4.39. The van der Waals surface area contributed by atoms with Crippen molar-refractivity contribution in [3.05, 3.63) is 23.8 Å². The molecule has 6 nitrogen and oxygen atoms in total. The van der Waals surface area contributed by atoms with Crippen LogP contribution in [-0.4, -0.2) is 45.6 Å². The Morgan fingerprint density at radius 2 is 1.96 bits per heavy atom. The van der Waals surface area contributed by atoms with Crippen LogP contribution in [0.2, 0.25) is 0 Å². The summed E-state index contributed by atoms with van der Waals surface area (Å²) in [6.07, 6.45) is -3.32. The van der Waals surface area contributed by atoms with Gasteiger partial charge in [-0.1, -0.05) is 6.07 Å². The lowest BCUT2D eigenvalue weighted by atomic mass is 9.79. The Hall–Kier alpha value is -1.71. The van der Waals surface area contributed by atoms with Crippen LogP contribution in [0.25, 0.3) is 0 Å². The maximum atomic E-state index is 12.5. The first-order valence-corrected chi connectivity index (χ1v) is 8.22. The molecule has 2 rings (SSSR count). The zero-order chi connectivity index (χ0) is 19.2. The monoisotopic (exact) mass is 412 g/mol. The molecule has 1 aliphatic heterocycles. The van der Waals surface area contributed by atoms with E-state index in [2.05, 4.69) is 5.32 Å². The van der Waals surface area contributed by atoms with Gasteiger partial charge in [-0.2, -0.15) is 13.2 Å². The van der Waals surface area contributed by atoms with Crippen LogP contribution in [0.15, 0.2) is 18.2 Å². The topological polar surface area (TPSA) is 82.8 Å². The van der Waals surface area contributed by atoms with Gasteiger partial charge in [0.1, 0.15) is 0 Å². The molecule has 0 spiro atoms. The number of alkyl halides is 3. The SMILES string of the molecule is COc1cc(CNC(=O)C2(CN)CCOCC2)ccc1OCC(F)(F)F.Cl. The summed E-state index contributed by atoms with van der Waals surface area (Å²) in [5, 5.41) is 2.84. The highest BCUT2D eigenvalue weighted by Crippen LogP contribution is 2.31. The molecule has 27 heavy (non-hydrogen) atoms. The fourth-order valence-electron chi connectivity index (χ4n) is 2.76. The van der Waals surface area contributed by atoms with Crippen LogP contribution in [0.5, 0.6) is 11.5 Å². The Kier molecular flexibility index (Phi) is 8.64. The van der Waals surface area contributed by atoms with Crippen LogP contribution < -0.4 is 20.5 Å². The lowest BCUT2D eigenvalue weighted by molar-refractivity contribution is -0.153. The number of carbonyl (C=O) groups is 1. The van der Waals surface area contributed by atoms with Crippen LogP contribution in [-0.2, 0) is 16.1 Å². The maximum Gasteiger partial charge on any atom is 0.422 e. The normalized spacial score (nSPS) is 16.2. The Bertz CT molecular complexity index is 623. The number of rotatable bonds is 7. The van der Waals surface area contributed by atoms with Crippen molar-refractivity contribution in [1.29, 1.82) is 0 Å². The fourth-order valence-corrected chi connectivity index (χ4v) is 2.76. The molecule has 1 heterocycles. The predicted molar refractivity (Wildman–Crippen MR) is 95.2 cm³/mol. The third-order valence-corrected chi connectivity index (χ3v) is 4.39. The first-order chi connectivity index (χ1) is 12.3. The van der Waals surface area contributed by atoms with E-state index in [0.717, 1.165) is 0 Å². The standard InChI is InChI=1S/C17H23F3N2O4.ClH/c1-24-14-8-12(2-3-13(14)26-11-17(18,19)20)9-22-15(23)16(10-21)4-6-25-7-5-16;/h2-3,8H,4-7,9-11,21H2,1H3,(H,22,23);1H. The Labute approximate surface area is 161 Å². The van der Waals surface area contributed by atoms with Crippen LogP contribution >= 0.6 is 12.4 Å². The fraction of sp³-hybridized carbons (Fsp3) is 0.588. The lowest BCUT2D eigenvalue weighted by Gasteiger charge is -2.34. The van der Waals surface area contributed by atoms with E-state index in [1.54, 1.807) is 6.07 Å². The van der Waals surface area contributed by atoms with Crippen molar-refractivity contribution in [2.24, 2.45) is 11.1 Å². The van der Waals surface area contributed by atoms with E-state index in [-0.39, 0.29) is 42.9 Å². The van der Waals surface area contributed by atoms with Gasteiger partial charge >= 0.3 is 6.18 Å². The second-order valence-electron chi connectivity index (χ2n) is 6.17. The summed E-state index contributed by atoms with van der Waals surface area (Å²) in [6.45, 7) is 0.0149. The Morgan fingerprint density at radius 3 is 2.52 bits per heavy atom. The number of carbonyl (C=O) groups excluding carboxylic acids is 1. The van der Waals surface area contributed by atoms with Crippen molar-refractivity contribution in [2.45, 2.75) is 25.6 Å². The molecule has 154 valence electrons. The van der Waals surface area contributed by atoms with Gasteiger partial charge in [0.2, 0.25) is 5.91 Å². The van der Waals surface area contributed by atoms with E-state index in [0.29, 0.717) is 31.6 Å². The van der Waals surface area contributed by atoms with Gasteiger partial charge in [-0.15, -0.1) is 12.4 Å². The second kappa shape index (κ2) is 10.0. The molecule has 0 unspecified atom stereocenters. The van der Waals surface area contributed by atoms with Crippen molar-refractivity contribution in [3.8, 4) is 11.5 Å². The van der Waals surface area contributed by atoms with Gasteiger partial charge in [0, 0.05) is 26.3 Å². The van der Waals surface area contributed by atoms with Crippen molar-refractivity contribution >= 4 is 18.3 Å². The molecule has 0 radical (unpaired) electrons. The van der Waals surface area contributed by atoms with Crippen LogP contribution in [0.4, 0.5) is 13.2 Å². The lowest BCUT2D eigenvalue weighted by Crippen LogP contribution is -2.48. The number of benzene rings is 1. The molecule has 10 heteroatoms. The summed E-state index contributed by atoms with van der Waals surface area (Å²) in [6, 6.07) is 4.50. The summed E-state index contributed by atoms with van der Waals surface area (Å²) >= 11 is 0. The average molecular weight is 413 g/mol. The molecular weight excluding hydrogens is 389 g/mol. The van der Waals surface area contributed by atoms with E-state index < -0.39 is 18.2 Å². The Balaban J connectivity index is 0.00000364. The number of methoxy groups -OCH3 is 1. The number of ether oxygens (including phenoxy) is 3. The minimum atomic E-state index is -4.43. The molecule has 1 amide bonds. The number of hydrogen-bond donors (Lipinski definition) is 2. The van der Waals surface area contributed by atoms with E-state index in [4.69, 9.17) is 19.9 Å². The van der Waals surface area contributed by atoms with Crippen molar-refractivity contribution in [1.82, 2.24) is 5.32 Å². The highest BCUT2D eigenvalue weighted by Gasteiger charge is 2.38. The van der Waals surface area contributed by atoms with Crippen molar-refractivity contribution < 1.29 is 32.2 Å². The number of amides is 1. The molecule has 0 aromatic heterocycles. The summed E-state index contributed by atoms with van der Waals surface area (Å²) < 4.78 is 51.9. The number of nitrogens with one attached hydrogen (secondary N) is 1. The van der Waals surface area contributed by atoms with E-state index in [1.807, 2.05) is 0 Å². The summed E-state index contributed by atoms with van der Waals surface area (Å²) in [5.74, 6) is 0.00280. The smallest absolute Gasteiger partial charge is 0.422 e. The second-order valence-corrected chi connectivity index (χ2v) is 6.17. The Morgan fingerprint density at radius 1 is 1.30 bits per heavy atom. The molecular formula is C17H24ClF3N2O4. The van der Waals surface area contributed by atoms with Crippen LogP contribution in [0.3, 0.4) is 0 Å². The van der Waals surface area contributed by atoms with Gasteiger partial charge in [-0.3, -0.25) is 4.79 Å². The quantitative estimate of drug-likeness (QED) is 0.718. The highest BCUT2D eigenvalue weighted by molar-refractivity contribution is 5.85. The maximum absolute atomic E-state index is 12.5. The van der Waals surface area contributed by atoms with Crippen LogP contribution in [0, 0.1) is 5.41 Å². The third kappa shape index (κ3) is 6.44. The molecule has 1 aromatic carbocycles.